The molecule has 104 valence electrons. The van der Waals surface area contributed by atoms with Crippen LogP contribution in [0, 0.1) is 0 Å². The first-order chi connectivity index (χ1) is 9.15. The van der Waals surface area contributed by atoms with Gasteiger partial charge in [-0.2, -0.15) is 0 Å². The summed E-state index contributed by atoms with van der Waals surface area (Å²) in [5, 5.41) is 0. The lowest BCUT2D eigenvalue weighted by Crippen LogP contribution is -2.40. The van der Waals surface area contributed by atoms with E-state index in [0.717, 1.165) is 18.7 Å². The van der Waals surface area contributed by atoms with Gasteiger partial charge in [0.25, 0.3) is 0 Å². The number of benzene rings is 1. The van der Waals surface area contributed by atoms with Crippen molar-refractivity contribution in [2.75, 3.05) is 33.7 Å². The molecule has 1 atom stereocenters. The summed E-state index contributed by atoms with van der Waals surface area (Å²) in [5.74, 6) is 0.330. The van der Waals surface area contributed by atoms with Crippen molar-refractivity contribution in [3.8, 4) is 0 Å². The van der Waals surface area contributed by atoms with Crippen LogP contribution < -0.4 is 0 Å². The van der Waals surface area contributed by atoms with E-state index in [4.69, 9.17) is 0 Å². The number of Topliss-reactive ketones (excluding diaryl/α,β-unsaturated/α-hetero) is 1. The van der Waals surface area contributed by atoms with E-state index in [0.29, 0.717) is 24.8 Å². The number of carbonyl (C=O) groups excluding carboxylic acids is 1. The third-order valence-electron chi connectivity index (χ3n) is 3.70. The average molecular weight is 260 g/mol. The van der Waals surface area contributed by atoms with Crippen molar-refractivity contribution in [3.63, 3.8) is 0 Å². The average Bonchev–Trinajstić information content (AvgIpc) is 2.77. The van der Waals surface area contributed by atoms with Crippen LogP contribution >= 0.6 is 0 Å². The Hall–Kier alpha value is -1.19. The van der Waals surface area contributed by atoms with E-state index < -0.39 is 0 Å². The molecule has 0 amide bonds. The first kappa shape index (κ1) is 14.2. The van der Waals surface area contributed by atoms with E-state index in [1.54, 1.807) is 0 Å². The summed E-state index contributed by atoms with van der Waals surface area (Å²) in [5.41, 5.74) is 1.12. The van der Waals surface area contributed by atoms with Crippen molar-refractivity contribution in [1.29, 1.82) is 0 Å². The van der Waals surface area contributed by atoms with Crippen LogP contribution in [0.25, 0.3) is 0 Å². The Morgan fingerprint density at radius 1 is 1.32 bits per heavy atom. The highest BCUT2D eigenvalue weighted by molar-refractivity contribution is 5.82. The van der Waals surface area contributed by atoms with Crippen molar-refractivity contribution in [3.05, 3.63) is 35.9 Å². The Kier molecular flexibility index (Phi) is 5.11. The molecule has 3 heteroatoms. The van der Waals surface area contributed by atoms with Gasteiger partial charge in [-0.3, -0.25) is 9.69 Å². The first-order valence-corrected chi connectivity index (χ1v) is 7.09. The fourth-order valence-corrected chi connectivity index (χ4v) is 2.84. The van der Waals surface area contributed by atoms with Crippen LogP contribution in [0.4, 0.5) is 0 Å². The van der Waals surface area contributed by atoms with Crippen molar-refractivity contribution < 1.29 is 4.79 Å². The zero-order chi connectivity index (χ0) is 13.7. The summed E-state index contributed by atoms with van der Waals surface area (Å²) in [4.78, 5) is 16.7. The van der Waals surface area contributed by atoms with E-state index in [1.807, 2.05) is 30.3 Å². The van der Waals surface area contributed by atoms with Gasteiger partial charge in [0.05, 0.1) is 6.54 Å². The Morgan fingerprint density at radius 3 is 2.74 bits per heavy atom. The molecule has 0 aromatic heterocycles. The molecule has 0 saturated carbocycles. The van der Waals surface area contributed by atoms with E-state index in [9.17, 15) is 4.79 Å². The highest BCUT2D eigenvalue weighted by atomic mass is 16.1. The molecule has 0 bridgehead atoms. The number of likely N-dealkylation sites (N-methyl/N-ethyl adjacent to an activating group) is 1. The molecule has 3 nitrogen and oxygen atoms in total. The minimum absolute atomic E-state index is 0.330. The minimum atomic E-state index is 0.330. The Labute approximate surface area is 116 Å². The lowest BCUT2D eigenvalue weighted by Gasteiger charge is -2.26. The van der Waals surface area contributed by atoms with Gasteiger partial charge >= 0.3 is 0 Å². The zero-order valence-corrected chi connectivity index (χ0v) is 12.0. The minimum Gasteiger partial charge on any atom is -0.308 e. The van der Waals surface area contributed by atoms with Crippen molar-refractivity contribution in [1.82, 2.24) is 9.80 Å². The van der Waals surface area contributed by atoms with Crippen molar-refractivity contribution in [2.24, 2.45) is 0 Å². The maximum Gasteiger partial charge on any atom is 0.151 e. The molecule has 19 heavy (non-hydrogen) atoms. The van der Waals surface area contributed by atoms with Crippen LogP contribution in [0.2, 0.25) is 0 Å². The molecule has 0 aliphatic carbocycles. The van der Waals surface area contributed by atoms with Gasteiger partial charge in [0.1, 0.15) is 0 Å². The van der Waals surface area contributed by atoms with Gasteiger partial charge in [0.2, 0.25) is 0 Å². The summed E-state index contributed by atoms with van der Waals surface area (Å²) in [6.07, 6.45) is 3.00. The topological polar surface area (TPSA) is 23.6 Å². The molecule has 0 radical (unpaired) electrons. The number of carbonyl (C=O) groups is 1. The Balaban J connectivity index is 1.84. The molecule has 1 unspecified atom stereocenters. The number of rotatable bonds is 6. The van der Waals surface area contributed by atoms with Crippen LogP contribution in [0.3, 0.4) is 0 Å². The fourth-order valence-electron chi connectivity index (χ4n) is 2.84. The highest BCUT2D eigenvalue weighted by Gasteiger charge is 2.26. The Bertz CT molecular complexity index is 402. The van der Waals surface area contributed by atoms with Gasteiger partial charge in [-0.05, 0) is 39.0 Å². The second-order valence-corrected chi connectivity index (χ2v) is 5.73. The van der Waals surface area contributed by atoms with Crippen LogP contribution in [-0.4, -0.2) is 55.4 Å². The fraction of sp³-hybridized carbons (Fsp3) is 0.562. The SMILES string of the molecule is CN(C)CC1CCCN1CC(=O)Cc1ccccc1. The van der Waals surface area contributed by atoms with Gasteiger partial charge < -0.3 is 4.90 Å². The largest absolute Gasteiger partial charge is 0.308 e. The summed E-state index contributed by atoms with van der Waals surface area (Å²) in [7, 11) is 4.20. The molecule has 1 aliphatic heterocycles. The zero-order valence-electron chi connectivity index (χ0n) is 12.0. The van der Waals surface area contributed by atoms with Gasteiger partial charge in [-0.1, -0.05) is 30.3 Å². The van der Waals surface area contributed by atoms with Crippen molar-refractivity contribution >= 4 is 5.78 Å². The molecule has 0 spiro atoms. The van der Waals surface area contributed by atoms with Gasteiger partial charge in [0, 0.05) is 19.0 Å². The Morgan fingerprint density at radius 2 is 2.05 bits per heavy atom. The first-order valence-electron chi connectivity index (χ1n) is 7.09. The number of hydrogen-bond donors (Lipinski definition) is 0. The van der Waals surface area contributed by atoms with Crippen LogP contribution in [-0.2, 0) is 11.2 Å². The third kappa shape index (κ3) is 4.44. The van der Waals surface area contributed by atoms with E-state index in [-0.39, 0.29) is 0 Å². The number of ketones is 1. The van der Waals surface area contributed by atoms with E-state index >= 15 is 0 Å². The second-order valence-electron chi connectivity index (χ2n) is 5.73. The predicted molar refractivity (Wildman–Crippen MR) is 78.3 cm³/mol. The van der Waals surface area contributed by atoms with Crippen LogP contribution in [0.15, 0.2) is 30.3 Å². The molecular weight excluding hydrogens is 236 g/mol. The van der Waals surface area contributed by atoms with Gasteiger partial charge in [-0.25, -0.2) is 0 Å². The molecule has 2 rings (SSSR count). The van der Waals surface area contributed by atoms with Crippen LogP contribution in [0.5, 0.6) is 0 Å². The van der Waals surface area contributed by atoms with E-state index in [1.165, 1.54) is 12.8 Å². The maximum absolute atomic E-state index is 12.1. The standard InChI is InChI=1S/C16H24N2O/c1-17(2)12-15-9-6-10-18(15)13-16(19)11-14-7-4-3-5-8-14/h3-5,7-8,15H,6,9-13H2,1-2H3. The molecule has 1 saturated heterocycles. The lowest BCUT2D eigenvalue weighted by atomic mass is 10.1. The van der Waals surface area contributed by atoms with E-state index in [2.05, 4.69) is 23.9 Å². The molecule has 1 aromatic carbocycles. The lowest BCUT2D eigenvalue weighted by molar-refractivity contribution is -0.119. The highest BCUT2D eigenvalue weighted by Crippen LogP contribution is 2.17. The summed E-state index contributed by atoms with van der Waals surface area (Å²) in [6.45, 7) is 2.73. The summed E-state index contributed by atoms with van der Waals surface area (Å²) in [6, 6.07) is 10.6. The predicted octanol–water partition coefficient (Wildman–Crippen LogP) is 1.82. The maximum atomic E-state index is 12.1. The van der Waals surface area contributed by atoms with Crippen LogP contribution in [0.1, 0.15) is 18.4 Å². The summed E-state index contributed by atoms with van der Waals surface area (Å²) >= 11 is 0. The number of hydrogen-bond acceptors (Lipinski definition) is 3. The number of likely N-dealkylation sites (tertiary alicyclic amines) is 1. The molecular formula is C16H24N2O. The number of nitrogens with zero attached hydrogens (tertiary/aromatic N) is 2. The molecule has 0 N–H and O–H groups in total. The van der Waals surface area contributed by atoms with Crippen molar-refractivity contribution in [2.45, 2.75) is 25.3 Å². The quantitative estimate of drug-likeness (QED) is 0.779. The molecule has 1 aromatic rings. The summed E-state index contributed by atoms with van der Waals surface area (Å²) < 4.78 is 0. The monoisotopic (exact) mass is 260 g/mol. The van der Waals surface area contributed by atoms with Gasteiger partial charge in [-0.15, -0.1) is 0 Å². The molecule has 1 heterocycles. The second kappa shape index (κ2) is 6.83. The normalized spacial score (nSPS) is 20.1. The molecule has 1 fully saturated rings. The third-order valence-corrected chi connectivity index (χ3v) is 3.70. The van der Waals surface area contributed by atoms with Gasteiger partial charge in [0.15, 0.2) is 5.78 Å². The molecule has 1 aliphatic rings. The smallest absolute Gasteiger partial charge is 0.151 e.